The van der Waals surface area contributed by atoms with Gasteiger partial charge in [-0.05, 0) is 29.5 Å². The smallest absolute Gasteiger partial charge is 0.328 e. The minimum Gasteiger partial charge on any atom is -0.467 e. The maximum Gasteiger partial charge on any atom is 0.328 e. The van der Waals surface area contributed by atoms with Crippen molar-refractivity contribution < 1.29 is 14.3 Å². The van der Waals surface area contributed by atoms with Crippen molar-refractivity contribution in [2.45, 2.75) is 26.3 Å². The minimum absolute atomic E-state index is 0. The van der Waals surface area contributed by atoms with Crippen molar-refractivity contribution in [3.8, 4) is 11.1 Å². The van der Waals surface area contributed by atoms with Crippen LogP contribution in [-0.4, -0.2) is 25.0 Å². The fourth-order valence-corrected chi connectivity index (χ4v) is 2.61. The molecule has 0 saturated heterocycles. The van der Waals surface area contributed by atoms with E-state index in [4.69, 9.17) is 4.74 Å². The third-order valence-electron chi connectivity index (χ3n) is 3.75. The van der Waals surface area contributed by atoms with E-state index in [0.717, 1.165) is 11.1 Å². The highest BCUT2D eigenvalue weighted by atomic mass is 35.5. The summed E-state index contributed by atoms with van der Waals surface area (Å²) in [5.74, 6) is -0.432. The molecule has 2 aromatic carbocycles. The Morgan fingerprint density at radius 2 is 1.60 bits per heavy atom. The second kappa shape index (κ2) is 9.84. The summed E-state index contributed by atoms with van der Waals surface area (Å²) in [5, 5.41) is 2.81. The highest BCUT2D eigenvalue weighted by Gasteiger charge is 2.24. The molecule has 0 aliphatic heterocycles. The van der Waals surface area contributed by atoms with Crippen LogP contribution in [0.2, 0.25) is 0 Å². The first-order valence-corrected chi connectivity index (χ1v) is 8.06. The highest BCUT2D eigenvalue weighted by molar-refractivity contribution is 6.02. The molecule has 25 heavy (non-hydrogen) atoms. The van der Waals surface area contributed by atoms with Crippen LogP contribution in [0.25, 0.3) is 11.1 Å². The van der Waals surface area contributed by atoms with Crippen LogP contribution in [0.15, 0.2) is 54.6 Å². The van der Waals surface area contributed by atoms with E-state index in [1.54, 1.807) is 6.07 Å². The fourth-order valence-electron chi connectivity index (χ4n) is 2.61. The van der Waals surface area contributed by atoms with Crippen molar-refractivity contribution in [2.75, 3.05) is 7.11 Å². The Bertz CT molecular complexity index is 701. The summed E-state index contributed by atoms with van der Waals surface area (Å²) in [4.78, 5) is 24.7. The molecule has 0 saturated carbocycles. The summed E-state index contributed by atoms with van der Waals surface area (Å²) < 4.78 is 4.81. The van der Waals surface area contributed by atoms with Crippen molar-refractivity contribution in [1.82, 2.24) is 5.32 Å². The summed E-state index contributed by atoms with van der Waals surface area (Å²) in [6.07, 6.45) is 0.534. The lowest BCUT2D eigenvalue weighted by atomic mass is 9.98. The van der Waals surface area contributed by atoms with Gasteiger partial charge in [0.15, 0.2) is 0 Å². The fraction of sp³-hybridized carbons (Fsp3) is 0.300. The minimum atomic E-state index is -0.647. The van der Waals surface area contributed by atoms with Crippen LogP contribution in [0.1, 0.15) is 30.6 Å². The number of benzene rings is 2. The number of halogens is 1. The van der Waals surface area contributed by atoms with Crippen molar-refractivity contribution in [2.24, 2.45) is 5.92 Å². The Morgan fingerprint density at radius 3 is 2.20 bits per heavy atom. The van der Waals surface area contributed by atoms with Gasteiger partial charge in [0.2, 0.25) is 0 Å². The molecule has 1 atom stereocenters. The monoisotopic (exact) mass is 361 g/mol. The van der Waals surface area contributed by atoms with E-state index in [2.05, 4.69) is 5.32 Å². The van der Waals surface area contributed by atoms with E-state index in [1.165, 1.54) is 7.11 Å². The SMILES string of the molecule is COC(=O)[C@H](CC(C)C)NC(=O)c1ccccc1-c1ccccc1.Cl. The first-order valence-electron chi connectivity index (χ1n) is 8.06. The molecule has 0 aromatic heterocycles. The zero-order chi connectivity index (χ0) is 17.5. The molecular formula is C20H24ClNO3. The van der Waals surface area contributed by atoms with Gasteiger partial charge in [-0.15, -0.1) is 12.4 Å². The Hall–Kier alpha value is -2.33. The van der Waals surface area contributed by atoms with E-state index < -0.39 is 12.0 Å². The molecule has 0 spiro atoms. The number of carbonyl (C=O) groups is 2. The number of amides is 1. The maximum absolute atomic E-state index is 12.7. The van der Waals surface area contributed by atoms with Gasteiger partial charge >= 0.3 is 5.97 Å². The van der Waals surface area contributed by atoms with Gasteiger partial charge in [0.25, 0.3) is 5.91 Å². The molecule has 4 nitrogen and oxygen atoms in total. The number of esters is 1. The summed E-state index contributed by atoms with van der Waals surface area (Å²) in [5.41, 5.74) is 2.34. The quantitative estimate of drug-likeness (QED) is 0.788. The molecule has 0 bridgehead atoms. The Balaban J connectivity index is 0.00000312. The van der Waals surface area contributed by atoms with E-state index >= 15 is 0 Å². The number of hydrogen-bond acceptors (Lipinski definition) is 3. The van der Waals surface area contributed by atoms with Gasteiger partial charge in [0, 0.05) is 5.56 Å². The molecule has 2 aromatic rings. The maximum atomic E-state index is 12.7. The molecule has 1 N–H and O–H groups in total. The molecule has 0 heterocycles. The van der Waals surface area contributed by atoms with Gasteiger partial charge in [-0.25, -0.2) is 4.79 Å². The van der Waals surface area contributed by atoms with Crippen LogP contribution in [0, 0.1) is 5.92 Å². The molecule has 0 aliphatic rings. The molecule has 1 amide bonds. The van der Waals surface area contributed by atoms with E-state index in [0.29, 0.717) is 12.0 Å². The Kier molecular flexibility index (Phi) is 8.16. The van der Waals surface area contributed by atoms with E-state index in [1.807, 2.05) is 62.4 Å². The van der Waals surface area contributed by atoms with Gasteiger partial charge in [-0.3, -0.25) is 4.79 Å². The summed E-state index contributed by atoms with van der Waals surface area (Å²) in [6, 6.07) is 16.4. The van der Waals surface area contributed by atoms with E-state index in [-0.39, 0.29) is 24.2 Å². The van der Waals surface area contributed by atoms with Gasteiger partial charge in [-0.2, -0.15) is 0 Å². The van der Waals surface area contributed by atoms with Crippen LogP contribution >= 0.6 is 12.4 Å². The Morgan fingerprint density at radius 1 is 1.00 bits per heavy atom. The number of ether oxygens (including phenoxy) is 1. The van der Waals surface area contributed by atoms with Gasteiger partial charge < -0.3 is 10.1 Å². The summed E-state index contributed by atoms with van der Waals surface area (Å²) >= 11 is 0. The molecular weight excluding hydrogens is 338 g/mol. The van der Waals surface area contributed by atoms with Crippen molar-refractivity contribution in [3.63, 3.8) is 0 Å². The second-order valence-electron chi connectivity index (χ2n) is 6.09. The largest absolute Gasteiger partial charge is 0.467 e. The van der Waals surface area contributed by atoms with Crippen molar-refractivity contribution in [1.29, 1.82) is 0 Å². The number of nitrogens with one attached hydrogen (secondary N) is 1. The third kappa shape index (κ3) is 5.61. The molecule has 0 aliphatic carbocycles. The lowest BCUT2D eigenvalue weighted by Crippen LogP contribution is -2.42. The lowest BCUT2D eigenvalue weighted by molar-refractivity contribution is -0.143. The number of methoxy groups -OCH3 is 1. The zero-order valence-electron chi connectivity index (χ0n) is 14.7. The first-order chi connectivity index (χ1) is 11.5. The first kappa shape index (κ1) is 20.7. The van der Waals surface area contributed by atoms with Crippen LogP contribution in [-0.2, 0) is 9.53 Å². The number of rotatable bonds is 6. The predicted octanol–water partition coefficient (Wildman–Crippen LogP) is 4.09. The highest BCUT2D eigenvalue weighted by Crippen LogP contribution is 2.23. The number of carbonyl (C=O) groups excluding carboxylic acids is 2. The molecule has 134 valence electrons. The van der Waals surface area contributed by atoms with Crippen molar-refractivity contribution in [3.05, 3.63) is 60.2 Å². The van der Waals surface area contributed by atoms with Crippen LogP contribution in [0.3, 0.4) is 0 Å². The predicted molar refractivity (Wildman–Crippen MR) is 102 cm³/mol. The molecule has 0 fully saturated rings. The third-order valence-corrected chi connectivity index (χ3v) is 3.75. The van der Waals surface area contributed by atoms with E-state index in [9.17, 15) is 9.59 Å². The summed E-state index contributed by atoms with van der Waals surface area (Å²) in [6.45, 7) is 4.00. The lowest BCUT2D eigenvalue weighted by Gasteiger charge is -2.19. The van der Waals surface area contributed by atoms with Gasteiger partial charge in [0.05, 0.1) is 7.11 Å². The number of hydrogen-bond donors (Lipinski definition) is 1. The zero-order valence-corrected chi connectivity index (χ0v) is 15.5. The standard InChI is InChI=1S/C20H23NO3.ClH/c1-14(2)13-18(20(23)24-3)21-19(22)17-12-8-7-11-16(17)15-9-5-4-6-10-15;/h4-12,14,18H,13H2,1-3H3,(H,21,22);1H/t18-;/m0./s1. The second-order valence-corrected chi connectivity index (χ2v) is 6.09. The normalized spacial score (nSPS) is 11.4. The van der Waals surface area contributed by atoms with Crippen LogP contribution < -0.4 is 5.32 Å². The molecule has 0 unspecified atom stereocenters. The molecule has 2 rings (SSSR count). The Labute approximate surface area is 155 Å². The van der Waals surface area contributed by atoms with Gasteiger partial charge in [-0.1, -0.05) is 62.4 Å². The molecule has 0 radical (unpaired) electrons. The van der Waals surface area contributed by atoms with Crippen LogP contribution in [0.5, 0.6) is 0 Å². The average molecular weight is 362 g/mol. The summed E-state index contributed by atoms with van der Waals surface area (Å²) in [7, 11) is 1.33. The average Bonchev–Trinajstić information content (AvgIpc) is 2.60. The van der Waals surface area contributed by atoms with Crippen LogP contribution in [0.4, 0.5) is 0 Å². The van der Waals surface area contributed by atoms with Crippen molar-refractivity contribution >= 4 is 24.3 Å². The molecule has 5 heteroatoms. The van der Waals surface area contributed by atoms with Gasteiger partial charge in [0.1, 0.15) is 6.04 Å². The topological polar surface area (TPSA) is 55.4 Å².